The molecule has 2 aliphatic rings. The molecule has 3 rings (SSSR count). The molecular formula is C23H33F3N4O3. The number of piperidine rings is 1. The summed E-state index contributed by atoms with van der Waals surface area (Å²) in [4.78, 5) is 31.7. The number of rotatable bonds is 7. The molecule has 0 saturated carbocycles. The zero-order chi connectivity index (χ0) is 24.0. The Labute approximate surface area is 192 Å². The first-order valence-corrected chi connectivity index (χ1v) is 11.6. The van der Waals surface area contributed by atoms with E-state index in [1.165, 1.54) is 18.6 Å². The molecular weight excluding hydrogens is 437 g/mol. The summed E-state index contributed by atoms with van der Waals surface area (Å²) in [5.74, 6) is -0.378. The normalized spacial score (nSPS) is 21.5. The molecule has 1 aromatic carbocycles. The SMILES string of the molecule is CC[C@H]1CCCCN1C(=O)[C@@H](C)N1CCN(CC(=O)Nc2ccc(OC(F)(F)F)cc2)CC1. The van der Waals surface area contributed by atoms with Crippen molar-refractivity contribution in [3.8, 4) is 5.75 Å². The fourth-order valence-corrected chi connectivity index (χ4v) is 4.56. The van der Waals surface area contributed by atoms with E-state index in [9.17, 15) is 22.8 Å². The molecule has 184 valence electrons. The molecule has 33 heavy (non-hydrogen) atoms. The largest absolute Gasteiger partial charge is 0.573 e. The summed E-state index contributed by atoms with van der Waals surface area (Å²) < 4.78 is 40.5. The highest BCUT2D eigenvalue weighted by atomic mass is 19.4. The number of hydrogen-bond acceptors (Lipinski definition) is 5. The Hall–Kier alpha value is -2.33. The topological polar surface area (TPSA) is 65.1 Å². The number of carbonyl (C=O) groups excluding carboxylic acids is 2. The van der Waals surface area contributed by atoms with Gasteiger partial charge in [0, 0.05) is 44.5 Å². The van der Waals surface area contributed by atoms with Gasteiger partial charge in [-0.15, -0.1) is 13.2 Å². The van der Waals surface area contributed by atoms with E-state index in [1.807, 2.05) is 11.8 Å². The van der Waals surface area contributed by atoms with E-state index in [2.05, 4.69) is 26.8 Å². The van der Waals surface area contributed by atoms with E-state index in [0.29, 0.717) is 37.9 Å². The quantitative estimate of drug-likeness (QED) is 0.663. The Morgan fingerprint density at radius 2 is 1.76 bits per heavy atom. The first-order chi connectivity index (χ1) is 15.7. The zero-order valence-electron chi connectivity index (χ0n) is 19.2. The number of amides is 2. The number of nitrogens with zero attached hydrogens (tertiary/aromatic N) is 3. The summed E-state index contributed by atoms with van der Waals surface area (Å²) in [5.41, 5.74) is 0.402. The monoisotopic (exact) mass is 470 g/mol. The molecule has 0 spiro atoms. The van der Waals surface area contributed by atoms with Gasteiger partial charge in [0.25, 0.3) is 0 Å². The molecule has 2 saturated heterocycles. The van der Waals surface area contributed by atoms with Crippen LogP contribution in [-0.2, 0) is 9.59 Å². The fraction of sp³-hybridized carbons (Fsp3) is 0.652. The van der Waals surface area contributed by atoms with Crippen molar-refractivity contribution < 1.29 is 27.5 Å². The minimum atomic E-state index is -4.75. The van der Waals surface area contributed by atoms with Crippen LogP contribution < -0.4 is 10.1 Å². The van der Waals surface area contributed by atoms with Gasteiger partial charge in [-0.2, -0.15) is 0 Å². The Bertz CT molecular complexity index is 795. The van der Waals surface area contributed by atoms with Crippen LogP contribution in [0.1, 0.15) is 39.5 Å². The maximum Gasteiger partial charge on any atom is 0.573 e. The second kappa shape index (κ2) is 11.2. The van der Waals surface area contributed by atoms with Gasteiger partial charge < -0.3 is 15.0 Å². The van der Waals surface area contributed by atoms with E-state index in [-0.39, 0.29) is 30.2 Å². The van der Waals surface area contributed by atoms with Gasteiger partial charge in [-0.25, -0.2) is 0 Å². The molecule has 1 N–H and O–H groups in total. The average Bonchev–Trinajstić information content (AvgIpc) is 2.79. The van der Waals surface area contributed by atoms with Crippen LogP contribution in [0, 0.1) is 0 Å². The summed E-state index contributed by atoms with van der Waals surface area (Å²) in [6.07, 6.45) is -0.436. The first kappa shape index (κ1) is 25.3. The number of anilines is 1. The Balaban J connectivity index is 1.43. The molecule has 0 bridgehead atoms. The fourth-order valence-electron chi connectivity index (χ4n) is 4.56. The van der Waals surface area contributed by atoms with Crippen LogP contribution in [0.2, 0.25) is 0 Å². The van der Waals surface area contributed by atoms with E-state index < -0.39 is 6.36 Å². The molecule has 0 aliphatic carbocycles. The lowest BCUT2D eigenvalue weighted by atomic mass is 9.99. The van der Waals surface area contributed by atoms with Crippen LogP contribution in [0.3, 0.4) is 0 Å². The summed E-state index contributed by atoms with van der Waals surface area (Å²) in [6, 6.07) is 5.22. The van der Waals surface area contributed by atoms with Crippen molar-refractivity contribution in [2.24, 2.45) is 0 Å². The maximum absolute atomic E-state index is 13.1. The molecule has 1 aromatic rings. The van der Waals surface area contributed by atoms with Gasteiger partial charge in [0.2, 0.25) is 11.8 Å². The van der Waals surface area contributed by atoms with Crippen molar-refractivity contribution in [3.63, 3.8) is 0 Å². The van der Waals surface area contributed by atoms with Gasteiger partial charge in [0.05, 0.1) is 12.6 Å². The average molecular weight is 471 g/mol. The first-order valence-electron chi connectivity index (χ1n) is 11.6. The van der Waals surface area contributed by atoms with Crippen LogP contribution in [0.15, 0.2) is 24.3 Å². The van der Waals surface area contributed by atoms with Gasteiger partial charge in [-0.05, 0) is 56.9 Å². The Morgan fingerprint density at radius 1 is 1.09 bits per heavy atom. The second-order valence-electron chi connectivity index (χ2n) is 8.70. The van der Waals surface area contributed by atoms with Gasteiger partial charge in [0.1, 0.15) is 5.75 Å². The van der Waals surface area contributed by atoms with E-state index in [0.717, 1.165) is 37.9 Å². The van der Waals surface area contributed by atoms with Crippen LogP contribution in [0.25, 0.3) is 0 Å². The van der Waals surface area contributed by atoms with Crippen molar-refractivity contribution in [1.82, 2.24) is 14.7 Å². The molecule has 2 fully saturated rings. The molecule has 10 heteroatoms. The van der Waals surface area contributed by atoms with Gasteiger partial charge in [-0.3, -0.25) is 19.4 Å². The van der Waals surface area contributed by atoms with Crippen molar-refractivity contribution in [2.75, 3.05) is 44.6 Å². The van der Waals surface area contributed by atoms with Gasteiger partial charge >= 0.3 is 6.36 Å². The minimum absolute atomic E-state index is 0.175. The summed E-state index contributed by atoms with van der Waals surface area (Å²) >= 11 is 0. The molecule has 0 radical (unpaired) electrons. The predicted molar refractivity (Wildman–Crippen MR) is 119 cm³/mol. The van der Waals surface area contributed by atoms with Crippen molar-refractivity contribution >= 4 is 17.5 Å². The number of piperazine rings is 1. The third-order valence-electron chi connectivity index (χ3n) is 6.43. The van der Waals surface area contributed by atoms with Gasteiger partial charge in [0.15, 0.2) is 0 Å². The van der Waals surface area contributed by atoms with Crippen molar-refractivity contribution in [2.45, 2.75) is 58.0 Å². The summed E-state index contributed by atoms with van der Waals surface area (Å²) in [5, 5.41) is 2.69. The molecule has 2 atom stereocenters. The molecule has 0 aromatic heterocycles. The number of nitrogens with one attached hydrogen (secondary N) is 1. The molecule has 2 aliphatic heterocycles. The summed E-state index contributed by atoms with van der Waals surface area (Å²) in [6.45, 7) is 7.86. The number of benzene rings is 1. The smallest absolute Gasteiger partial charge is 0.406 e. The number of carbonyl (C=O) groups is 2. The highest BCUT2D eigenvalue weighted by Crippen LogP contribution is 2.24. The lowest BCUT2D eigenvalue weighted by Gasteiger charge is -2.42. The van der Waals surface area contributed by atoms with Crippen molar-refractivity contribution in [3.05, 3.63) is 24.3 Å². The lowest BCUT2D eigenvalue weighted by Crippen LogP contribution is -2.57. The van der Waals surface area contributed by atoms with Crippen LogP contribution >= 0.6 is 0 Å². The maximum atomic E-state index is 13.1. The number of likely N-dealkylation sites (tertiary alicyclic amines) is 1. The predicted octanol–water partition coefficient (Wildman–Crippen LogP) is 3.32. The highest BCUT2D eigenvalue weighted by molar-refractivity contribution is 5.92. The number of ether oxygens (including phenoxy) is 1. The Kier molecular flexibility index (Phi) is 8.58. The summed E-state index contributed by atoms with van der Waals surface area (Å²) in [7, 11) is 0. The van der Waals surface area contributed by atoms with Gasteiger partial charge in [-0.1, -0.05) is 6.92 Å². The number of halogens is 3. The molecule has 2 heterocycles. The third kappa shape index (κ3) is 7.33. The standard InChI is InChI=1S/C23H33F3N4O3/c1-3-19-6-4-5-11-30(19)22(32)17(2)29-14-12-28(13-15-29)16-21(31)27-18-7-9-20(10-8-18)33-23(24,25)26/h7-10,17,19H,3-6,11-16H2,1-2H3,(H,27,31)/t17-,19+/m1/s1. The third-order valence-corrected chi connectivity index (χ3v) is 6.43. The van der Waals surface area contributed by atoms with Crippen molar-refractivity contribution in [1.29, 1.82) is 0 Å². The Morgan fingerprint density at radius 3 is 2.36 bits per heavy atom. The zero-order valence-corrected chi connectivity index (χ0v) is 19.2. The number of hydrogen-bond donors (Lipinski definition) is 1. The second-order valence-corrected chi connectivity index (χ2v) is 8.70. The van der Waals surface area contributed by atoms with Crippen LogP contribution in [-0.4, -0.2) is 84.2 Å². The number of alkyl halides is 3. The lowest BCUT2D eigenvalue weighted by molar-refractivity contribution is -0.274. The van der Waals surface area contributed by atoms with E-state index in [1.54, 1.807) is 0 Å². The van der Waals surface area contributed by atoms with E-state index >= 15 is 0 Å². The minimum Gasteiger partial charge on any atom is -0.406 e. The molecule has 0 unspecified atom stereocenters. The molecule has 2 amide bonds. The highest BCUT2D eigenvalue weighted by Gasteiger charge is 2.33. The van der Waals surface area contributed by atoms with Crippen LogP contribution in [0.5, 0.6) is 5.75 Å². The van der Waals surface area contributed by atoms with E-state index in [4.69, 9.17) is 0 Å². The molecule has 7 nitrogen and oxygen atoms in total. The van der Waals surface area contributed by atoms with Crippen LogP contribution in [0.4, 0.5) is 18.9 Å².